The van der Waals surface area contributed by atoms with Crippen molar-refractivity contribution in [2.75, 3.05) is 19.0 Å². The van der Waals surface area contributed by atoms with Gasteiger partial charge in [-0.2, -0.15) is 0 Å². The first-order valence-corrected chi connectivity index (χ1v) is 9.46. The zero-order chi connectivity index (χ0) is 17.1. The summed E-state index contributed by atoms with van der Waals surface area (Å²) in [5.74, 6) is 10.7. The van der Waals surface area contributed by atoms with Crippen LogP contribution in [0.4, 0.5) is 0 Å². The average Bonchev–Trinajstić information content (AvgIpc) is 2.62. The van der Waals surface area contributed by atoms with Crippen LogP contribution in [-0.2, 0) is 19.3 Å². The van der Waals surface area contributed by atoms with Crippen molar-refractivity contribution >= 4 is 9.84 Å². The molecule has 1 heterocycles. The third-order valence-electron chi connectivity index (χ3n) is 3.30. The maximum atomic E-state index is 12.0. The first-order chi connectivity index (χ1) is 11.7. The zero-order valence-electron chi connectivity index (χ0n) is 13.4. The van der Waals surface area contributed by atoms with Crippen LogP contribution < -0.4 is 0 Å². The molecule has 1 atom stereocenters. The minimum atomic E-state index is -3.35. The van der Waals surface area contributed by atoms with Crippen LogP contribution >= 0.6 is 0 Å². The van der Waals surface area contributed by atoms with Gasteiger partial charge < -0.3 is 9.47 Å². The Bertz CT molecular complexity index is 752. The number of hydrogen-bond acceptors (Lipinski definition) is 4. The van der Waals surface area contributed by atoms with Crippen LogP contribution in [0, 0.1) is 23.7 Å². The van der Waals surface area contributed by atoms with Gasteiger partial charge in [0.2, 0.25) is 0 Å². The molecule has 0 bridgehead atoms. The molecule has 1 aliphatic heterocycles. The van der Waals surface area contributed by atoms with Gasteiger partial charge in [0, 0.05) is 6.61 Å². The first-order valence-electron chi connectivity index (χ1n) is 7.81. The Labute approximate surface area is 143 Å². The fraction of sp³-hybridized carbons (Fsp3) is 0.368. The fourth-order valence-electron chi connectivity index (χ4n) is 2.07. The van der Waals surface area contributed by atoms with Gasteiger partial charge in [0.05, 0.1) is 4.90 Å². The largest absolute Gasteiger partial charge is 0.353 e. The average molecular weight is 344 g/mol. The minimum absolute atomic E-state index is 0.139. The molecule has 126 valence electrons. The van der Waals surface area contributed by atoms with Gasteiger partial charge in [-0.25, -0.2) is 8.42 Å². The van der Waals surface area contributed by atoms with E-state index in [2.05, 4.69) is 23.7 Å². The highest BCUT2D eigenvalue weighted by Gasteiger charge is 2.12. The van der Waals surface area contributed by atoms with Crippen LogP contribution in [0.25, 0.3) is 0 Å². The summed E-state index contributed by atoms with van der Waals surface area (Å²) in [4.78, 5) is 0.283. The first kappa shape index (κ1) is 18.3. The molecule has 24 heavy (non-hydrogen) atoms. The third kappa shape index (κ3) is 6.60. The molecule has 5 heteroatoms. The molecule has 4 nitrogen and oxygen atoms in total. The lowest BCUT2D eigenvalue weighted by molar-refractivity contribution is -0.154. The number of hydrogen-bond donors (Lipinski definition) is 0. The maximum Gasteiger partial charge on any atom is 0.189 e. The summed E-state index contributed by atoms with van der Waals surface area (Å²) in [5.41, 5.74) is 0. The van der Waals surface area contributed by atoms with Crippen molar-refractivity contribution in [2.45, 2.75) is 30.4 Å². The molecule has 0 spiro atoms. The highest BCUT2D eigenvalue weighted by Crippen LogP contribution is 2.13. The van der Waals surface area contributed by atoms with E-state index in [0.29, 0.717) is 6.61 Å². The Morgan fingerprint density at radius 3 is 2.58 bits per heavy atom. The quantitative estimate of drug-likeness (QED) is 0.788. The van der Waals surface area contributed by atoms with Gasteiger partial charge in [0.1, 0.15) is 12.4 Å². The second kappa shape index (κ2) is 9.95. The SMILES string of the molecule is O=S(=O)(CC#C/C=C\C#CCOC1CCCCO1)c1ccccc1. The topological polar surface area (TPSA) is 52.6 Å². The molecule has 1 saturated heterocycles. The van der Waals surface area contributed by atoms with Crippen molar-refractivity contribution in [3.05, 3.63) is 42.5 Å². The lowest BCUT2D eigenvalue weighted by atomic mass is 10.2. The molecule has 1 aromatic rings. The Hall–Kier alpha value is -2.05. The predicted octanol–water partition coefficient (Wildman–Crippen LogP) is 2.57. The van der Waals surface area contributed by atoms with Crippen molar-refractivity contribution in [3.63, 3.8) is 0 Å². The van der Waals surface area contributed by atoms with E-state index in [1.807, 2.05) is 0 Å². The van der Waals surface area contributed by atoms with Crippen LogP contribution in [0.1, 0.15) is 19.3 Å². The Kier molecular flexibility index (Phi) is 7.58. The number of allylic oxidation sites excluding steroid dienone is 2. The van der Waals surface area contributed by atoms with Gasteiger partial charge in [0.15, 0.2) is 16.1 Å². The molecule has 1 aromatic carbocycles. The van der Waals surface area contributed by atoms with Crippen LogP contribution in [0.15, 0.2) is 47.4 Å². The van der Waals surface area contributed by atoms with Crippen molar-refractivity contribution in [1.29, 1.82) is 0 Å². The van der Waals surface area contributed by atoms with E-state index >= 15 is 0 Å². The van der Waals surface area contributed by atoms with Crippen LogP contribution in [0.5, 0.6) is 0 Å². The highest BCUT2D eigenvalue weighted by atomic mass is 32.2. The molecule has 0 amide bonds. The van der Waals surface area contributed by atoms with Crippen molar-refractivity contribution in [3.8, 4) is 23.7 Å². The monoisotopic (exact) mass is 344 g/mol. The Balaban J connectivity index is 1.71. The normalized spacial score (nSPS) is 17.6. The summed E-state index contributed by atoms with van der Waals surface area (Å²) >= 11 is 0. The van der Waals surface area contributed by atoms with Gasteiger partial charge in [-0.15, -0.1) is 0 Å². The lowest BCUT2D eigenvalue weighted by Gasteiger charge is -2.21. The predicted molar refractivity (Wildman–Crippen MR) is 92.7 cm³/mol. The molecule has 1 fully saturated rings. The van der Waals surface area contributed by atoms with E-state index in [1.165, 1.54) is 6.08 Å². The molecular weight excluding hydrogens is 324 g/mol. The second-order valence-electron chi connectivity index (χ2n) is 5.15. The van der Waals surface area contributed by atoms with Gasteiger partial charge in [0.25, 0.3) is 0 Å². The van der Waals surface area contributed by atoms with Crippen LogP contribution in [0.3, 0.4) is 0 Å². The van der Waals surface area contributed by atoms with E-state index in [-0.39, 0.29) is 16.9 Å². The van der Waals surface area contributed by atoms with Crippen LogP contribution in [-0.4, -0.2) is 33.7 Å². The molecule has 0 aliphatic carbocycles. The minimum Gasteiger partial charge on any atom is -0.353 e. The summed E-state index contributed by atoms with van der Waals surface area (Å²) in [6, 6.07) is 8.28. The standard InChI is InChI=1S/C19H20O4S/c20-24(21,18-12-6-5-7-13-18)17-11-4-2-1-3-9-15-22-19-14-8-10-16-23-19/h1-2,5-7,12-13,19H,8,10,14-17H2/b2-1-. The summed E-state index contributed by atoms with van der Waals surface area (Å²) < 4.78 is 34.8. The molecule has 0 saturated carbocycles. The zero-order valence-corrected chi connectivity index (χ0v) is 14.2. The van der Waals surface area contributed by atoms with Gasteiger partial charge >= 0.3 is 0 Å². The lowest BCUT2D eigenvalue weighted by Crippen LogP contribution is -2.22. The number of benzene rings is 1. The van der Waals surface area contributed by atoms with Crippen molar-refractivity contribution in [1.82, 2.24) is 0 Å². The molecule has 0 aromatic heterocycles. The van der Waals surface area contributed by atoms with E-state index in [1.54, 1.807) is 36.4 Å². The molecule has 0 radical (unpaired) electrons. The molecule has 1 aliphatic rings. The van der Waals surface area contributed by atoms with E-state index < -0.39 is 9.84 Å². The maximum absolute atomic E-state index is 12.0. The number of sulfone groups is 1. The van der Waals surface area contributed by atoms with E-state index in [9.17, 15) is 8.42 Å². The van der Waals surface area contributed by atoms with Gasteiger partial charge in [-0.3, -0.25) is 0 Å². The summed E-state index contributed by atoms with van der Waals surface area (Å²) in [7, 11) is -3.35. The van der Waals surface area contributed by atoms with Crippen molar-refractivity contribution in [2.24, 2.45) is 0 Å². The summed E-state index contributed by atoms with van der Waals surface area (Å²) in [6.07, 6.45) is 6.10. The molecule has 0 N–H and O–H groups in total. The van der Waals surface area contributed by atoms with Crippen LogP contribution in [0.2, 0.25) is 0 Å². The molecule has 1 unspecified atom stereocenters. The number of rotatable bonds is 4. The van der Waals surface area contributed by atoms with Gasteiger partial charge in [-0.1, -0.05) is 41.9 Å². The number of ether oxygens (including phenoxy) is 2. The van der Waals surface area contributed by atoms with Crippen molar-refractivity contribution < 1.29 is 17.9 Å². The highest BCUT2D eigenvalue weighted by molar-refractivity contribution is 7.91. The Morgan fingerprint density at radius 2 is 1.88 bits per heavy atom. The second-order valence-corrected chi connectivity index (χ2v) is 7.14. The van der Waals surface area contributed by atoms with Gasteiger partial charge in [-0.05, 0) is 43.5 Å². The molecule has 2 rings (SSSR count). The molecular formula is C19H20O4S. The van der Waals surface area contributed by atoms with E-state index in [0.717, 1.165) is 25.9 Å². The third-order valence-corrected chi connectivity index (χ3v) is 4.81. The smallest absolute Gasteiger partial charge is 0.189 e. The van der Waals surface area contributed by atoms with E-state index in [4.69, 9.17) is 9.47 Å². The Morgan fingerprint density at radius 1 is 1.12 bits per heavy atom. The summed E-state index contributed by atoms with van der Waals surface area (Å²) in [5, 5.41) is 0. The summed E-state index contributed by atoms with van der Waals surface area (Å²) in [6.45, 7) is 1.06. The fourth-order valence-corrected chi connectivity index (χ4v) is 3.08.